The first kappa shape index (κ1) is 52.1. The Hall–Kier alpha value is -1.87. The van der Waals surface area contributed by atoms with E-state index in [0.717, 1.165) is 38.5 Å². The highest BCUT2D eigenvalue weighted by molar-refractivity contribution is 5.70. The van der Waals surface area contributed by atoms with Gasteiger partial charge >= 0.3 is 18.0 Å². The van der Waals surface area contributed by atoms with E-state index in [0.29, 0.717) is 32.7 Å². The fourth-order valence-electron chi connectivity index (χ4n) is 6.59. The molecule has 0 saturated heterocycles. The lowest BCUT2D eigenvalue weighted by molar-refractivity contribution is -0.161. The molecular weight excluding hydrogens is 682 g/mol. The Kier molecular flexibility index (Phi) is 42.3. The minimum absolute atomic E-state index is 0.129. The van der Waals surface area contributed by atoms with Crippen LogP contribution in [0.25, 0.3) is 0 Å². The second-order valence-electron chi connectivity index (χ2n) is 15.3. The van der Waals surface area contributed by atoms with Crippen molar-refractivity contribution >= 4 is 18.0 Å². The Bertz CT molecular complexity index is 811. The third-order valence-corrected chi connectivity index (χ3v) is 10.0. The SMILES string of the molecule is CCCCCCCCCCCCCCCCCC(=O)OCC(COC(=O)NCCOCCOC)OC(=O)CCCCCCCCCCCCCCCCC. The van der Waals surface area contributed by atoms with Gasteiger partial charge in [-0.25, -0.2) is 4.79 Å². The molecule has 0 fully saturated rings. The maximum absolute atomic E-state index is 12.7. The summed E-state index contributed by atoms with van der Waals surface area (Å²) in [6.45, 7) is 5.74. The molecule has 0 radical (unpaired) electrons. The largest absolute Gasteiger partial charge is 0.462 e. The normalized spacial score (nSPS) is 11.8. The van der Waals surface area contributed by atoms with Crippen LogP contribution in [0.3, 0.4) is 0 Å². The van der Waals surface area contributed by atoms with Gasteiger partial charge < -0.3 is 29.0 Å². The lowest BCUT2D eigenvalue weighted by Gasteiger charge is -2.18. The quantitative estimate of drug-likeness (QED) is 0.0371. The lowest BCUT2D eigenvalue weighted by Crippen LogP contribution is -2.34. The molecule has 9 nitrogen and oxygen atoms in total. The maximum Gasteiger partial charge on any atom is 0.407 e. The van der Waals surface area contributed by atoms with Crippen LogP contribution in [-0.4, -0.2) is 70.8 Å². The number of ether oxygens (including phenoxy) is 5. The predicted molar refractivity (Wildman–Crippen MR) is 222 cm³/mol. The molecule has 0 aliphatic carbocycles. The minimum atomic E-state index is -0.845. The van der Waals surface area contributed by atoms with Gasteiger partial charge in [-0.2, -0.15) is 0 Å². The van der Waals surface area contributed by atoms with E-state index < -0.39 is 12.2 Å². The molecule has 0 spiro atoms. The van der Waals surface area contributed by atoms with Crippen molar-refractivity contribution in [3.8, 4) is 0 Å². The molecule has 54 heavy (non-hydrogen) atoms. The highest BCUT2D eigenvalue weighted by atomic mass is 16.6. The molecule has 1 N–H and O–H groups in total. The van der Waals surface area contributed by atoms with E-state index in [2.05, 4.69) is 19.2 Å². The zero-order valence-corrected chi connectivity index (χ0v) is 35.7. The summed E-state index contributed by atoms with van der Waals surface area (Å²) >= 11 is 0. The number of carbonyl (C=O) groups is 3. The lowest BCUT2D eigenvalue weighted by atomic mass is 10.0. The van der Waals surface area contributed by atoms with E-state index in [1.165, 1.54) is 154 Å². The molecule has 0 rings (SSSR count). The number of hydrogen-bond acceptors (Lipinski definition) is 8. The van der Waals surface area contributed by atoms with Crippen LogP contribution in [0.15, 0.2) is 0 Å². The van der Waals surface area contributed by atoms with Gasteiger partial charge in [0.25, 0.3) is 0 Å². The number of hydrogen-bond donors (Lipinski definition) is 1. The number of amides is 1. The fourth-order valence-corrected chi connectivity index (χ4v) is 6.59. The number of carbonyl (C=O) groups excluding carboxylic acids is 3. The van der Waals surface area contributed by atoms with Gasteiger partial charge in [0.05, 0.1) is 19.8 Å². The van der Waals surface area contributed by atoms with Crippen molar-refractivity contribution in [1.29, 1.82) is 0 Å². The Morgan fingerprint density at radius 3 is 1.22 bits per heavy atom. The summed E-state index contributed by atoms with van der Waals surface area (Å²) in [5.41, 5.74) is 0. The van der Waals surface area contributed by atoms with Crippen molar-refractivity contribution in [3.63, 3.8) is 0 Å². The van der Waals surface area contributed by atoms with E-state index in [1.54, 1.807) is 7.11 Å². The Labute approximate surface area is 332 Å². The third-order valence-electron chi connectivity index (χ3n) is 10.0. The van der Waals surface area contributed by atoms with Crippen molar-refractivity contribution in [2.75, 3.05) is 46.7 Å². The Balaban J connectivity index is 4.19. The minimum Gasteiger partial charge on any atom is -0.462 e. The molecule has 0 heterocycles. The fraction of sp³-hybridized carbons (Fsp3) is 0.933. The third kappa shape index (κ3) is 41.3. The molecule has 0 aromatic heterocycles. The summed E-state index contributed by atoms with van der Waals surface area (Å²) in [4.78, 5) is 37.3. The van der Waals surface area contributed by atoms with Gasteiger partial charge in [-0.3, -0.25) is 9.59 Å². The average molecular weight is 770 g/mol. The van der Waals surface area contributed by atoms with Gasteiger partial charge in [-0.1, -0.05) is 194 Å². The Morgan fingerprint density at radius 2 is 0.815 bits per heavy atom. The molecule has 0 aromatic rings. The van der Waals surface area contributed by atoms with Gasteiger partial charge in [0.2, 0.25) is 0 Å². The predicted octanol–water partition coefficient (Wildman–Crippen LogP) is 12.4. The number of esters is 2. The van der Waals surface area contributed by atoms with Crippen LogP contribution < -0.4 is 5.32 Å². The Morgan fingerprint density at radius 1 is 0.444 bits per heavy atom. The summed E-state index contributed by atoms with van der Waals surface area (Å²) in [5.74, 6) is -0.672. The molecule has 320 valence electrons. The van der Waals surface area contributed by atoms with Crippen LogP contribution in [0.4, 0.5) is 4.79 Å². The van der Waals surface area contributed by atoms with Crippen molar-refractivity contribution < 1.29 is 38.1 Å². The topological polar surface area (TPSA) is 109 Å². The molecule has 0 saturated carbocycles. The zero-order valence-electron chi connectivity index (χ0n) is 35.7. The molecular formula is C45H87NO8. The maximum atomic E-state index is 12.7. The smallest absolute Gasteiger partial charge is 0.407 e. The van der Waals surface area contributed by atoms with Crippen molar-refractivity contribution in [2.45, 2.75) is 225 Å². The van der Waals surface area contributed by atoms with Crippen molar-refractivity contribution in [2.24, 2.45) is 0 Å². The number of rotatable bonds is 43. The number of unbranched alkanes of at least 4 members (excludes halogenated alkanes) is 28. The second-order valence-corrected chi connectivity index (χ2v) is 15.3. The molecule has 9 heteroatoms. The van der Waals surface area contributed by atoms with Crippen molar-refractivity contribution in [1.82, 2.24) is 5.32 Å². The average Bonchev–Trinajstić information content (AvgIpc) is 3.17. The molecule has 0 aliphatic rings. The van der Waals surface area contributed by atoms with Crippen molar-refractivity contribution in [3.05, 3.63) is 0 Å². The standard InChI is InChI=1S/C45H87NO8/c1-4-6-8-10-12-14-16-18-20-22-24-26-28-30-32-34-43(47)52-40-42(41-53-45(49)46-36-37-51-39-38-50-3)54-44(48)35-33-31-29-27-25-23-21-19-17-15-13-11-9-7-5-2/h42H,4-41H2,1-3H3,(H,46,49). The highest BCUT2D eigenvalue weighted by Gasteiger charge is 2.19. The van der Waals surface area contributed by atoms with Gasteiger partial charge in [0.15, 0.2) is 6.10 Å². The first-order chi connectivity index (χ1) is 26.5. The molecule has 0 aliphatic heterocycles. The molecule has 0 aromatic carbocycles. The van der Waals surface area contributed by atoms with Gasteiger partial charge in [0.1, 0.15) is 13.2 Å². The number of methoxy groups -OCH3 is 1. The number of nitrogens with one attached hydrogen (secondary N) is 1. The van der Waals surface area contributed by atoms with Gasteiger partial charge in [-0.15, -0.1) is 0 Å². The van der Waals surface area contributed by atoms with Crippen LogP contribution in [0, 0.1) is 0 Å². The first-order valence-electron chi connectivity index (χ1n) is 22.9. The highest BCUT2D eigenvalue weighted by Crippen LogP contribution is 2.16. The molecule has 1 unspecified atom stereocenters. The summed E-state index contributed by atoms with van der Waals surface area (Å²) < 4.78 is 26.6. The van der Waals surface area contributed by atoms with Gasteiger partial charge in [-0.05, 0) is 12.8 Å². The molecule has 1 atom stereocenters. The van der Waals surface area contributed by atoms with Gasteiger partial charge in [0, 0.05) is 26.5 Å². The monoisotopic (exact) mass is 770 g/mol. The second kappa shape index (κ2) is 43.9. The van der Waals surface area contributed by atoms with Crippen LogP contribution >= 0.6 is 0 Å². The molecule has 1 amide bonds. The summed E-state index contributed by atoms with van der Waals surface area (Å²) in [6, 6.07) is 0. The van der Waals surface area contributed by atoms with Crippen LogP contribution in [-0.2, 0) is 33.3 Å². The van der Waals surface area contributed by atoms with E-state index in [9.17, 15) is 14.4 Å². The number of alkyl carbamates (subject to hydrolysis) is 1. The van der Waals surface area contributed by atoms with Crippen LogP contribution in [0.5, 0.6) is 0 Å². The van der Waals surface area contributed by atoms with E-state index in [4.69, 9.17) is 23.7 Å². The molecule has 0 bridgehead atoms. The van der Waals surface area contributed by atoms with E-state index in [-0.39, 0.29) is 31.7 Å². The zero-order chi connectivity index (χ0) is 39.4. The van der Waals surface area contributed by atoms with Crippen LogP contribution in [0.2, 0.25) is 0 Å². The van der Waals surface area contributed by atoms with E-state index in [1.807, 2.05) is 0 Å². The first-order valence-corrected chi connectivity index (χ1v) is 22.9. The van der Waals surface area contributed by atoms with Crippen LogP contribution in [0.1, 0.15) is 219 Å². The summed E-state index contributed by atoms with van der Waals surface area (Å²) in [5, 5.41) is 2.61. The van der Waals surface area contributed by atoms with E-state index >= 15 is 0 Å². The summed E-state index contributed by atoms with van der Waals surface area (Å²) in [7, 11) is 1.60. The summed E-state index contributed by atoms with van der Waals surface area (Å²) in [6.07, 6.45) is 37.1.